The summed E-state index contributed by atoms with van der Waals surface area (Å²) in [6.07, 6.45) is -0.447. The van der Waals surface area contributed by atoms with E-state index in [1.807, 2.05) is 0 Å². The summed E-state index contributed by atoms with van der Waals surface area (Å²) >= 11 is 0. The quantitative estimate of drug-likeness (QED) is 0.763. The lowest BCUT2D eigenvalue weighted by Gasteiger charge is -2.08. The van der Waals surface area contributed by atoms with Gasteiger partial charge in [0.25, 0.3) is 0 Å². The molecule has 1 aliphatic heterocycles. The van der Waals surface area contributed by atoms with Gasteiger partial charge in [0.2, 0.25) is 0 Å². The summed E-state index contributed by atoms with van der Waals surface area (Å²) in [4.78, 5) is 10.8. The van der Waals surface area contributed by atoms with Crippen LogP contribution in [-0.4, -0.2) is 12.3 Å². The van der Waals surface area contributed by atoms with Crippen LogP contribution in [0.2, 0.25) is 0 Å². The Hall–Kier alpha value is -2.24. The zero-order valence-corrected chi connectivity index (χ0v) is 8.90. The van der Waals surface area contributed by atoms with Crippen molar-refractivity contribution in [2.75, 3.05) is 0 Å². The second kappa shape index (κ2) is 4.56. The molecule has 0 spiro atoms. The highest BCUT2D eigenvalue weighted by Crippen LogP contribution is 2.23. The van der Waals surface area contributed by atoms with E-state index in [1.54, 1.807) is 0 Å². The van der Waals surface area contributed by atoms with Crippen molar-refractivity contribution in [2.24, 2.45) is 0 Å². The van der Waals surface area contributed by atoms with Crippen LogP contribution < -0.4 is 4.74 Å². The van der Waals surface area contributed by atoms with E-state index in [2.05, 4.69) is 4.74 Å². The first kappa shape index (κ1) is 12.2. The number of allylic oxidation sites excluding steroid dienone is 1. The number of carbonyl (C=O) groups excluding carboxylic acids is 1. The summed E-state index contributed by atoms with van der Waals surface area (Å²) in [5, 5.41) is 0. The second-order valence-corrected chi connectivity index (χ2v) is 3.42. The van der Waals surface area contributed by atoms with Gasteiger partial charge in [0.1, 0.15) is 11.5 Å². The van der Waals surface area contributed by atoms with Gasteiger partial charge in [0, 0.05) is 6.08 Å². The highest BCUT2D eigenvalue weighted by Gasteiger charge is 2.30. The van der Waals surface area contributed by atoms with Gasteiger partial charge < -0.3 is 9.47 Å². The average Bonchev–Trinajstić information content (AvgIpc) is 2.65. The number of cyclic esters (lactones) is 1. The molecular formula is C12H7F3O3. The molecule has 0 amide bonds. The Balaban J connectivity index is 2.09. The number of halogens is 3. The maximum absolute atomic E-state index is 11.9. The summed E-state index contributed by atoms with van der Waals surface area (Å²) in [6, 6.07) is 5.21. The first-order valence-corrected chi connectivity index (χ1v) is 4.90. The van der Waals surface area contributed by atoms with Gasteiger partial charge >= 0.3 is 12.3 Å². The van der Waals surface area contributed by atoms with E-state index in [9.17, 15) is 18.0 Å². The van der Waals surface area contributed by atoms with Gasteiger partial charge in [-0.25, -0.2) is 4.79 Å². The van der Waals surface area contributed by atoms with E-state index in [-0.39, 0.29) is 5.75 Å². The van der Waals surface area contributed by atoms with E-state index in [4.69, 9.17) is 4.74 Å². The highest BCUT2D eigenvalue weighted by atomic mass is 19.4. The number of ether oxygens (including phenoxy) is 2. The smallest absolute Gasteiger partial charge is 0.423 e. The third kappa shape index (κ3) is 3.38. The Morgan fingerprint density at radius 1 is 1.11 bits per heavy atom. The Kier molecular flexibility index (Phi) is 3.10. The monoisotopic (exact) mass is 256 g/mol. The van der Waals surface area contributed by atoms with Gasteiger partial charge in [-0.1, -0.05) is 12.1 Å². The lowest BCUT2D eigenvalue weighted by molar-refractivity contribution is -0.274. The Morgan fingerprint density at radius 3 is 2.28 bits per heavy atom. The van der Waals surface area contributed by atoms with Gasteiger partial charge in [-0.15, -0.1) is 13.2 Å². The SMILES string of the molecule is O=C1C=C/C(=C/c2ccc(OC(F)(F)F)cc2)O1. The van der Waals surface area contributed by atoms with Crippen LogP contribution in [-0.2, 0) is 9.53 Å². The minimum absolute atomic E-state index is 0.302. The molecule has 1 aliphatic rings. The van der Waals surface area contributed by atoms with Crippen molar-refractivity contribution in [3.8, 4) is 5.75 Å². The Morgan fingerprint density at radius 2 is 1.78 bits per heavy atom. The number of esters is 1. The highest BCUT2D eigenvalue weighted by molar-refractivity contribution is 5.87. The third-order valence-electron chi connectivity index (χ3n) is 2.02. The fourth-order valence-corrected chi connectivity index (χ4v) is 1.34. The summed E-state index contributed by atoms with van der Waals surface area (Å²) in [5.41, 5.74) is 0.596. The zero-order valence-electron chi connectivity index (χ0n) is 8.90. The Labute approximate surface area is 100 Å². The average molecular weight is 256 g/mol. The molecule has 0 saturated heterocycles. The standard InChI is InChI=1S/C12H7F3O3/c13-12(14,15)18-9-3-1-8(2-4-9)7-10-5-6-11(16)17-10/h1-7H/b10-7-. The molecule has 0 fully saturated rings. The normalized spacial score (nSPS) is 17.1. The predicted molar refractivity (Wildman–Crippen MR) is 56.3 cm³/mol. The molecule has 6 heteroatoms. The lowest BCUT2D eigenvalue weighted by Crippen LogP contribution is -2.16. The van der Waals surface area contributed by atoms with Crippen LogP contribution in [0.15, 0.2) is 42.2 Å². The maximum atomic E-state index is 11.9. The van der Waals surface area contributed by atoms with E-state index in [0.717, 1.165) is 0 Å². The van der Waals surface area contributed by atoms with Gasteiger partial charge in [-0.05, 0) is 29.8 Å². The number of hydrogen-bond donors (Lipinski definition) is 0. The van der Waals surface area contributed by atoms with Crippen molar-refractivity contribution in [1.82, 2.24) is 0 Å². The molecule has 0 aromatic heterocycles. The molecule has 3 nitrogen and oxygen atoms in total. The third-order valence-corrected chi connectivity index (χ3v) is 2.02. The second-order valence-electron chi connectivity index (χ2n) is 3.42. The van der Waals surface area contributed by atoms with Crippen LogP contribution in [0.5, 0.6) is 5.75 Å². The van der Waals surface area contributed by atoms with Crippen LogP contribution in [0.25, 0.3) is 6.08 Å². The van der Waals surface area contributed by atoms with Crippen molar-refractivity contribution >= 4 is 12.0 Å². The van der Waals surface area contributed by atoms with Crippen molar-refractivity contribution < 1.29 is 27.4 Å². The van der Waals surface area contributed by atoms with Crippen molar-refractivity contribution in [3.05, 3.63) is 47.7 Å². The topological polar surface area (TPSA) is 35.5 Å². The molecular weight excluding hydrogens is 249 g/mol. The van der Waals surface area contributed by atoms with Gasteiger partial charge in [0.05, 0.1) is 0 Å². The molecule has 0 atom stereocenters. The number of alkyl halides is 3. The minimum atomic E-state index is -4.70. The number of carbonyl (C=O) groups is 1. The van der Waals surface area contributed by atoms with E-state index in [1.165, 1.54) is 42.5 Å². The molecule has 0 saturated carbocycles. The van der Waals surface area contributed by atoms with Gasteiger partial charge in [0.15, 0.2) is 0 Å². The van der Waals surface area contributed by atoms with E-state index >= 15 is 0 Å². The minimum Gasteiger partial charge on any atom is -0.423 e. The van der Waals surface area contributed by atoms with E-state index in [0.29, 0.717) is 11.3 Å². The zero-order chi connectivity index (χ0) is 13.2. The summed E-state index contributed by atoms with van der Waals surface area (Å²) < 4.78 is 44.2. The molecule has 2 rings (SSSR count). The van der Waals surface area contributed by atoms with E-state index < -0.39 is 12.3 Å². The molecule has 0 unspecified atom stereocenters. The van der Waals surface area contributed by atoms with Gasteiger partial charge in [-0.2, -0.15) is 0 Å². The van der Waals surface area contributed by atoms with Gasteiger partial charge in [-0.3, -0.25) is 0 Å². The number of benzene rings is 1. The van der Waals surface area contributed by atoms with Crippen LogP contribution >= 0.6 is 0 Å². The lowest BCUT2D eigenvalue weighted by atomic mass is 10.2. The molecule has 1 aromatic rings. The van der Waals surface area contributed by atoms with Crippen molar-refractivity contribution in [1.29, 1.82) is 0 Å². The number of rotatable bonds is 2. The van der Waals surface area contributed by atoms with Crippen LogP contribution in [0.4, 0.5) is 13.2 Å². The van der Waals surface area contributed by atoms with Crippen LogP contribution in [0, 0.1) is 0 Å². The van der Waals surface area contributed by atoms with Crippen LogP contribution in [0.1, 0.15) is 5.56 Å². The largest absolute Gasteiger partial charge is 0.573 e. The number of hydrogen-bond acceptors (Lipinski definition) is 3. The molecule has 0 bridgehead atoms. The maximum Gasteiger partial charge on any atom is 0.573 e. The summed E-state index contributed by atoms with van der Waals surface area (Å²) in [6.45, 7) is 0. The molecule has 18 heavy (non-hydrogen) atoms. The molecule has 1 heterocycles. The first-order chi connectivity index (χ1) is 8.42. The molecule has 0 N–H and O–H groups in total. The first-order valence-electron chi connectivity index (χ1n) is 4.90. The molecule has 1 aromatic carbocycles. The van der Waals surface area contributed by atoms with Crippen molar-refractivity contribution in [3.63, 3.8) is 0 Å². The van der Waals surface area contributed by atoms with Crippen molar-refractivity contribution in [2.45, 2.75) is 6.36 Å². The summed E-state index contributed by atoms with van der Waals surface area (Å²) in [5.74, 6) is -0.439. The molecule has 0 aliphatic carbocycles. The van der Waals surface area contributed by atoms with Crippen LogP contribution in [0.3, 0.4) is 0 Å². The fourth-order valence-electron chi connectivity index (χ4n) is 1.34. The fraction of sp³-hybridized carbons (Fsp3) is 0.0833. The molecule has 0 radical (unpaired) electrons. The Bertz CT molecular complexity index is 512. The molecule has 94 valence electrons. The predicted octanol–water partition coefficient (Wildman–Crippen LogP) is 3.04. The summed E-state index contributed by atoms with van der Waals surface area (Å²) in [7, 11) is 0.